The maximum atomic E-state index is 13.7. The average Bonchev–Trinajstić information content (AvgIpc) is 2.84. The second-order valence-corrected chi connectivity index (χ2v) is 11.8. The minimum absolute atomic E-state index is 0.0309. The van der Waals surface area contributed by atoms with E-state index >= 15 is 0 Å². The van der Waals surface area contributed by atoms with Crippen molar-refractivity contribution in [2.75, 3.05) is 26.2 Å². The summed E-state index contributed by atoms with van der Waals surface area (Å²) in [5.41, 5.74) is 3.09. The number of allylic oxidation sites excluding steroid dienone is 2. The van der Waals surface area contributed by atoms with Gasteiger partial charge in [0.25, 0.3) is 0 Å². The summed E-state index contributed by atoms with van der Waals surface area (Å²) in [4.78, 5) is 17.9. The first-order chi connectivity index (χ1) is 17.2. The van der Waals surface area contributed by atoms with Crippen LogP contribution in [0.25, 0.3) is 0 Å². The van der Waals surface area contributed by atoms with Crippen molar-refractivity contribution in [3.8, 4) is 12.3 Å². The molecule has 1 heterocycles. The number of hydrogen-bond donors (Lipinski definition) is 1. The van der Waals surface area contributed by atoms with Gasteiger partial charge in [-0.25, -0.2) is 4.79 Å². The van der Waals surface area contributed by atoms with Gasteiger partial charge in [0, 0.05) is 43.2 Å². The van der Waals surface area contributed by atoms with Crippen LogP contribution in [0.4, 0.5) is 4.79 Å². The van der Waals surface area contributed by atoms with Gasteiger partial charge in [0.1, 0.15) is 5.60 Å². The standard InChI is InChI=1S/C31H44N2O3/c1-5-25-11-13-26(14-12-25)22-32(17-18-34)23-28-10-6-7-16-33(28)29(35)36-30(3,4)31-15-8-9-27(21-31)19-24(2)20-31/h1,11-14,19,24,28,34H,6-10,15-18,20-23H2,2-4H3. The van der Waals surface area contributed by atoms with Gasteiger partial charge in [-0.3, -0.25) is 4.90 Å². The lowest BCUT2D eigenvalue weighted by molar-refractivity contribution is -0.102. The molecule has 1 aromatic rings. The first-order valence-electron chi connectivity index (χ1n) is 13.8. The second-order valence-electron chi connectivity index (χ2n) is 11.8. The number of aliphatic hydroxyl groups is 1. The average molecular weight is 493 g/mol. The Labute approximate surface area is 217 Å². The monoisotopic (exact) mass is 492 g/mol. The van der Waals surface area contributed by atoms with E-state index in [0.29, 0.717) is 19.0 Å². The number of nitrogens with zero attached hydrogens (tertiary/aromatic N) is 2. The van der Waals surface area contributed by atoms with Gasteiger partial charge < -0.3 is 14.7 Å². The van der Waals surface area contributed by atoms with Gasteiger partial charge in [-0.15, -0.1) is 6.42 Å². The lowest BCUT2D eigenvalue weighted by Gasteiger charge is -2.53. The smallest absolute Gasteiger partial charge is 0.410 e. The fourth-order valence-electron chi connectivity index (χ4n) is 6.87. The van der Waals surface area contributed by atoms with Gasteiger partial charge in [-0.05, 0) is 88.8 Å². The van der Waals surface area contributed by atoms with Crippen LogP contribution >= 0.6 is 0 Å². The number of carbonyl (C=O) groups excluding carboxylic acids is 1. The van der Waals surface area contributed by atoms with Crippen molar-refractivity contribution in [1.29, 1.82) is 0 Å². The largest absolute Gasteiger partial charge is 0.443 e. The molecule has 1 aliphatic heterocycles. The van der Waals surface area contributed by atoms with Crippen LogP contribution in [-0.2, 0) is 11.3 Å². The molecule has 36 heavy (non-hydrogen) atoms. The predicted molar refractivity (Wildman–Crippen MR) is 144 cm³/mol. The molecule has 1 N–H and O–H groups in total. The molecule has 1 amide bonds. The molecule has 3 unspecified atom stereocenters. The summed E-state index contributed by atoms with van der Waals surface area (Å²) in [5, 5.41) is 9.72. The highest BCUT2D eigenvalue weighted by atomic mass is 16.6. The molecule has 1 saturated carbocycles. The van der Waals surface area contributed by atoms with Crippen LogP contribution in [0.3, 0.4) is 0 Å². The number of piperidine rings is 1. The lowest BCUT2D eigenvalue weighted by atomic mass is 9.57. The highest BCUT2D eigenvalue weighted by Gasteiger charge is 2.51. The molecule has 0 spiro atoms. The Morgan fingerprint density at radius 2 is 2.06 bits per heavy atom. The SMILES string of the molecule is C#Cc1ccc(CN(CCO)CC2CCCCN2C(=O)OC(C)(C)C23CCCC(=CC(C)C2)C3)cc1. The highest BCUT2D eigenvalue weighted by Crippen LogP contribution is 2.55. The fourth-order valence-corrected chi connectivity index (χ4v) is 6.87. The van der Waals surface area contributed by atoms with Gasteiger partial charge in [-0.1, -0.05) is 36.6 Å². The number of hydrogen-bond acceptors (Lipinski definition) is 4. The van der Waals surface area contributed by atoms with Crippen LogP contribution in [0.2, 0.25) is 0 Å². The van der Waals surface area contributed by atoms with Gasteiger partial charge in [0.2, 0.25) is 0 Å². The van der Waals surface area contributed by atoms with Crippen LogP contribution in [0.1, 0.15) is 83.3 Å². The normalized spacial score (nSPS) is 26.3. The summed E-state index contributed by atoms with van der Waals surface area (Å²) in [6.07, 6.45) is 16.5. The van der Waals surface area contributed by atoms with E-state index in [0.717, 1.165) is 62.7 Å². The van der Waals surface area contributed by atoms with Crippen LogP contribution in [0, 0.1) is 23.7 Å². The number of amides is 1. The van der Waals surface area contributed by atoms with Crippen LogP contribution in [0.5, 0.6) is 0 Å². The molecular formula is C31H44N2O3. The van der Waals surface area contributed by atoms with E-state index in [1.165, 1.54) is 12.8 Å². The van der Waals surface area contributed by atoms with E-state index in [2.05, 4.69) is 37.7 Å². The van der Waals surface area contributed by atoms with E-state index in [-0.39, 0.29) is 24.2 Å². The summed E-state index contributed by atoms with van der Waals surface area (Å²) < 4.78 is 6.43. The highest BCUT2D eigenvalue weighted by molar-refractivity contribution is 5.69. The Bertz CT molecular complexity index is 977. The predicted octanol–water partition coefficient (Wildman–Crippen LogP) is 5.76. The maximum absolute atomic E-state index is 13.7. The number of carbonyl (C=O) groups is 1. The molecule has 2 fully saturated rings. The van der Waals surface area contributed by atoms with E-state index in [9.17, 15) is 9.90 Å². The van der Waals surface area contributed by atoms with Crippen molar-refractivity contribution in [1.82, 2.24) is 9.80 Å². The first-order valence-corrected chi connectivity index (χ1v) is 13.8. The minimum Gasteiger partial charge on any atom is -0.443 e. The summed E-state index contributed by atoms with van der Waals surface area (Å²) in [6, 6.07) is 8.09. The van der Waals surface area contributed by atoms with Crippen molar-refractivity contribution in [3.63, 3.8) is 0 Å². The molecular weight excluding hydrogens is 448 g/mol. The second kappa shape index (κ2) is 11.4. The first kappa shape index (κ1) is 26.8. The zero-order chi connectivity index (χ0) is 25.8. The van der Waals surface area contributed by atoms with Crippen LogP contribution in [0.15, 0.2) is 35.9 Å². The summed E-state index contributed by atoms with van der Waals surface area (Å²) in [6.45, 7) is 9.41. The molecule has 5 nitrogen and oxygen atoms in total. The number of rotatable bonds is 8. The molecule has 1 saturated heterocycles. The van der Waals surface area contributed by atoms with Gasteiger partial charge in [-0.2, -0.15) is 0 Å². The zero-order valence-electron chi connectivity index (χ0n) is 22.5. The third-order valence-electron chi connectivity index (χ3n) is 8.84. The molecule has 196 valence electrons. The molecule has 3 aliphatic rings. The Kier molecular flexibility index (Phi) is 8.48. The van der Waals surface area contributed by atoms with Crippen molar-refractivity contribution < 1.29 is 14.6 Å². The Hall–Kier alpha value is -2.29. The lowest BCUT2D eigenvalue weighted by Crippen LogP contribution is -2.55. The Morgan fingerprint density at radius 3 is 2.78 bits per heavy atom. The molecule has 4 rings (SSSR count). The molecule has 3 atom stereocenters. The number of likely N-dealkylation sites (tertiary alicyclic amines) is 1. The molecule has 0 radical (unpaired) electrons. The van der Waals surface area contributed by atoms with Crippen molar-refractivity contribution in [2.45, 2.75) is 90.3 Å². The van der Waals surface area contributed by atoms with E-state index in [1.54, 1.807) is 5.57 Å². The fraction of sp³-hybridized carbons (Fsp3) is 0.645. The quantitative estimate of drug-likeness (QED) is 0.370. The van der Waals surface area contributed by atoms with Gasteiger partial charge >= 0.3 is 6.09 Å². The number of terminal acetylenes is 1. The molecule has 0 aromatic heterocycles. The number of ether oxygens (including phenoxy) is 1. The molecule has 1 aromatic carbocycles. The van der Waals surface area contributed by atoms with Crippen molar-refractivity contribution in [3.05, 3.63) is 47.0 Å². The number of aliphatic hydroxyl groups excluding tert-OH is 1. The molecule has 5 heteroatoms. The van der Waals surface area contributed by atoms with Crippen LogP contribution in [-0.4, -0.2) is 58.9 Å². The molecule has 2 bridgehead atoms. The number of benzene rings is 1. The number of fused-ring (bicyclic) bond motifs is 2. The minimum atomic E-state index is -0.510. The van der Waals surface area contributed by atoms with Crippen molar-refractivity contribution >= 4 is 6.09 Å². The summed E-state index contributed by atoms with van der Waals surface area (Å²) in [5.74, 6) is 3.20. The molecule has 2 aliphatic carbocycles. The third-order valence-corrected chi connectivity index (χ3v) is 8.84. The summed E-state index contributed by atoms with van der Waals surface area (Å²) >= 11 is 0. The van der Waals surface area contributed by atoms with E-state index < -0.39 is 5.60 Å². The topological polar surface area (TPSA) is 53.0 Å². The third kappa shape index (κ3) is 5.98. The van der Waals surface area contributed by atoms with Gasteiger partial charge in [0.15, 0.2) is 0 Å². The van der Waals surface area contributed by atoms with E-state index in [1.807, 2.05) is 29.2 Å². The summed E-state index contributed by atoms with van der Waals surface area (Å²) in [7, 11) is 0. The van der Waals surface area contributed by atoms with E-state index in [4.69, 9.17) is 11.2 Å². The Balaban J connectivity index is 1.44. The maximum Gasteiger partial charge on any atom is 0.410 e. The van der Waals surface area contributed by atoms with Gasteiger partial charge in [0.05, 0.1) is 6.61 Å². The van der Waals surface area contributed by atoms with Crippen molar-refractivity contribution in [2.24, 2.45) is 11.3 Å². The zero-order valence-corrected chi connectivity index (χ0v) is 22.5. The Morgan fingerprint density at radius 1 is 1.28 bits per heavy atom. The van der Waals surface area contributed by atoms with Crippen LogP contribution < -0.4 is 0 Å².